The van der Waals surface area contributed by atoms with E-state index in [4.69, 9.17) is 9.47 Å². The first-order valence-corrected chi connectivity index (χ1v) is 15.4. The predicted octanol–water partition coefficient (Wildman–Crippen LogP) is 1.13. The first-order valence-electron chi connectivity index (χ1n) is 11.7. The van der Waals surface area contributed by atoms with Gasteiger partial charge in [0.1, 0.15) is 12.7 Å². The fourth-order valence-electron chi connectivity index (χ4n) is 4.96. The van der Waals surface area contributed by atoms with E-state index in [0.717, 1.165) is 17.6 Å². The van der Waals surface area contributed by atoms with Crippen LogP contribution in [0.3, 0.4) is 0 Å². The summed E-state index contributed by atoms with van der Waals surface area (Å²) in [4.78, 5) is 25.0. The molecule has 2 aromatic heterocycles. The van der Waals surface area contributed by atoms with Crippen LogP contribution in [0.15, 0.2) is 29.6 Å². The van der Waals surface area contributed by atoms with Crippen LogP contribution < -0.4 is 14.4 Å². The molecule has 0 aromatic carbocycles. The minimum Gasteiger partial charge on any atom is -0.488 e. The van der Waals surface area contributed by atoms with Crippen LogP contribution in [0, 0.1) is 12.8 Å². The summed E-state index contributed by atoms with van der Waals surface area (Å²) in [6.45, 7) is 3.57. The molecule has 3 aliphatic heterocycles. The Balaban J connectivity index is 1.30. The van der Waals surface area contributed by atoms with E-state index < -0.39 is 25.6 Å². The Bertz CT molecular complexity index is 1410. The number of carbonyl (C=O) groups is 1. The summed E-state index contributed by atoms with van der Waals surface area (Å²) < 4.78 is 59.2. The quantitative estimate of drug-likeness (QED) is 0.547. The number of aryl methyl sites for hydroxylation is 1. The molecule has 0 spiro atoms. The molecule has 1 unspecified atom stereocenters. The van der Waals surface area contributed by atoms with E-state index in [-0.39, 0.29) is 28.5 Å². The van der Waals surface area contributed by atoms with Gasteiger partial charge >= 0.3 is 0 Å². The van der Waals surface area contributed by atoms with Gasteiger partial charge in [-0.25, -0.2) is 26.8 Å². The second-order valence-corrected chi connectivity index (χ2v) is 13.7. The number of hydrogen-bond donors (Lipinski definition) is 0. The smallest absolute Gasteiger partial charge is 0.226 e. The summed E-state index contributed by atoms with van der Waals surface area (Å²) >= 11 is 0. The lowest BCUT2D eigenvalue weighted by molar-refractivity contribution is -0.133. The van der Waals surface area contributed by atoms with Crippen LogP contribution in [0.2, 0.25) is 0 Å². The fourth-order valence-corrected chi connectivity index (χ4v) is 7.58. The van der Waals surface area contributed by atoms with Gasteiger partial charge in [-0.15, -0.1) is 0 Å². The Morgan fingerprint density at radius 2 is 1.97 bits per heavy atom. The predicted molar refractivity (Wildman–Crippen MR) is 131 cm³/mol. The molecule has 2 aromatic rings. The van der Waals surface area contributed by atoms with Gasteiger partial charge in [-0.3, -0.25) is 4.79 Å². The van der Waals surface area contributed by atoms with Crippen molar-refractivity contribution in [2.75, 3.05) is 48.9 Å². The number of hydrogen-bond acceptors (Lipinski definition) is 10. The van der Waals surface area contributed by atoms with E-state index in [9.17, 15) is 21.6 Å². The second-order valence-electron chi connectivity index (χ2n) is 9.49. The number of anilines is 2. The van der Waals surface area contributed by atoms with Gasteiger partial charge in [0.25, 0.3) is 0 Å². The molecule has 0 saturated carbocycles. The van der Waals surface area contributed by atoms with Gasteiger partial charge in [-0.2, -0.15) is 0 Å². The Hall–Kier alpha value is -2.93. The van der Waals surface area contributed by atoms with E-state index in [0.29, 0.717) is 56.3 Å². The Kier molecular flexibility index (Phi) is 6.31. The van der Waals surface area contributed by atoms with Crippen molar-refractivity contribution < 1.29 is 31.1 Å². The molecule has 2 saturated heterocycles. The van der Waals surface area contributed by atoms with Crippen molar-refractivity contribution in [2.24, 2.45) is 5.92 Å². The molecule has 194 valence electrons. The zero-order chi connectivity index (χ0) is 25.7. The molecule has 2 fully saturated rings. The highest BCUT2D eigenvalue weighted by Gasteiger charge is 2.38. The van der Waals surface area contributed by atoms with Crippen LogP contribution in [0.25, 0.3) is 0 Å². The average Bonchev–Trinajstić information content (AvgIpc) is 3.43. The highest BCUT2D eigenvalue weighted by molar-refractivity contribution is 7.91. The first kappa shape index (κ1) is 24.8. The van der Waals surface area contributed by atoms with Crippen LogP contribution in [0.1, 0.15) is 18.4 Å². The maximum atomic E-state index is 12.8. The third-order valence-corrected chi connectivity index (χ3v) is 9.59. The molecule has 5 heterocycles. The van der Waals surface area contributed by atoms with Crippen molar-refractivity contribution in [3.8, 4) is 11.6 Å². The molecule has 3 aliphatic rings. The molecule has 0 radical (unpaired) electrons. The molecule has 36 heavy (non-hydrogen) atoms. The van der Waals surface area contributed by atoms with Crippen molar-refractivity contribution in [1.29, 1.82) is 0 Å². The lowest BCUT2D eigenvalue weighted by Crippen LogP contribution is -2.36. The minimum absolute atomic E-state index is 0.0500. The number of carbonyl (C=O) groups excluding carboxylic acids is 1. The fraction of sp³-hybridized carbons (Fsp3) is 0.522. The Morgan fingerprint density at radius 1 is 1.17 bits per heavy atom. The van der Waals surface area contributed by atoms with Crippen LogP contribution >= 0.6 is 0 Å². The number of fused-ring (bicyclic) bond motifs is 1. The summed E-state index contributed by atoms with van der Waals surface area (Å²) in [6.07, 6.45) is 5.00. The molecular weight excluding hydrogens is 508 g/mol. The van der Waals surface area contributed by atoms with Gasteiger partial charge in [0.2, 0.25) is 11.8 Å². The molecule has 5 rings (SSSR count). The van der Waals surface area contributed by atoms with Crippen molar-refractivity contribution >= 4 is 37.0 Å². The topological polar surface area (TPSA) is 136 Å². The summed E-state index contributed by atoms with van der Waals surface area (Å²) in [5.41, 5.74) is 2.01. The summed E-state index contributed by atoms with van der Waals surface area (Å²) in [7, 11) is -6.55. The van der Waals surface area contributed by atoms with Crippen LogP contribution in [-0.2, 0) is 24.5 Å². The molecular formula is C23H28N4O7S2. The monoisotopic (exact) mass is 536 g/mol. The maximum absolute atomic E-state index is 12.8. The molecule has 2 atom stereocenters. The lowest BCUT2D eigenvalue weighted by Gasteiger charge is -2.31. The van der Waals surface area contributed by atoms with Crippen LogP contribution in [0.5, 0.6) is 11.6 Å². The minimum atomic E-state index is -3.43. The normalized spacial score (nSPS) is 23.3. The Morgan fingerprint density at radius 3 is 2.67 bits per heavy atom. The number of pyridine rings is 2. The Labute approximate surface area is 210 Å². The first-order chi connectivity index (χ1) is 17.0. The molecule has 0 aliphatic carbocycles. The van der Waals surface area contributed by atoms with E-state index >= 15 is 0 Å². The third kappa shape index (κ3) is 4.99. The highest BCUT2D eigenvalue weighted by atomic mass is 32.2. The zero-order valence-corrected chi connectivity index (χ0v) is 21.7. The number of ether oxygens (including phenoxy) is 2. The molecule has 0 bridgehead atoms. The number of likely N-dealkylation sites (tertiary alicyclic amines) is 1. The van der Waals surface area contributed by atoms with Crippen molar-refractivity contribution in [2.45, 2.75) is 30.9 Å². The lowest BCUT2D eigenvalue weighted by atomic mass is 10.1. The van der Waals surface area contributed by atoms with Gasteiger partial charge in [-0.05, 0) is 25.0 Å². The van der Waals surface area contributed by atoms with Gasteiger partial charge in [0.15, 0.2) is 30.4 Å². The van der Waals surface area contributed by atoms with Gasteiger partial charge < -0.3 is 19.3 Å². The molecule has 11 nitrogen and oxygen atoms in total. The number of aromatic nitrogens is 2. The summed E-state index contributed by atoms with van der Waals surface area (Å²) in [6, 6.07) is 3.55. The van der Waals surface area contributed by atoms with Crippen LogP contribution in [-0.4, -0.2) is 87.7 Å². The average molecular weight is 537 g/mol. The second kappa shape index (κ2) is 9.18. The van der Waals surface area contributed by atoms with E-state index in [1.807, 2.05) is 4.90 Å². The maximum Gasteiger partial charge on any atom is 0.226 e. The number of nitrogens with zero attached hydrogens (tertiary/aromatic N) is 4. The number of amides is 1. The summed E-state index contributed by atoms with van der Waals surface area (Å²) in [5, 5.41) is 0.0500. The van der Waals surface area contributed by atoms with Crippen molar-refractivity contribution in [3.05, 3.63) is 30.1 Å². The van der Waals surface area contributed by atoms with Crippen molar-refractivity contribution in [3.63, 3.8) is 0 Å². The SMILES string of the molecule is Cc1cc(N2CCOc3cnc(O[C@H]4CCN(C(=O)C5CCS(=O)(=O)C5)C4)cc32)cnc1S(C)(=O)=O. The van der Waals surface area contributed by atoms with Gasteiger partial charge in [-0.1, -0.05) is 0 Å². The molecule has 0 N–H and O–H groups in total. The third-order valence-electron chi connectivity index (χ3n) is 6.69. The zero-order valence-electron chi connectivity index (χ0n) is 20.1. The largest absolute Gasteiger partial charge is 0.488 e. The molecule has 1 amide bonds. The highest BCUT2D eigenvalue weighted by Crippen LogP contribution is 2.39. The summed E-state index contributed by atoms with van der Waals surface area (Å²) in [5.74, 6) is 0.359. The van der Waals surface area contributed by atoms with Crippen LogP contribution in [0.4, 0.5) is 11.4 Å². The number of sulfone groups is 2. The number of rotatable bonds is 5. The van der Waals surface area contributed by atoms with Crippen molar-refractivity contribution in [1.82, 2.24) is 14.9 Å². The van der Waals surface area contributed by atoms with E-state index in [1.54, 1.807) is 30.2 Å². The molecule has 13 heteroatoms. The van der Waals surface area contributed by atoms with E-state index in [1.165, 1.54) is 6.20 Å². The van der Waals surface area contributed by atoms with Gasteiger partial charge in [0, 0.05) is 25.3 Å². The van der Waals surface area contributed by atoms with E-state index in [2.05, 4.69) is 9.97 Å². The standard InChI is InChI=1S/C23H28N4O7S2/c1-15-9-17(11-25-22(15)35(2,29)30)27-6-7-33-20-12-24-21(10-19(20)27)34-18-3-5-26(13-18)23(28)16-4-8-36(31,32)14-16/h9-12,16,18H,3-8,13-14H2,1-2H3/t16?,18-/m0/s1. The van der Waals surface area contributed by atoms with Gasteiger partial charge in [0.05, 0.1) is 54.3 Å².